The molecule has 9 heteroatoms. The third-order valence-electron chi connectivity index (χ3n) is 3.43. The summed E-state index contributed by atoms with van der Waals surface area (Å²) in [5, 5.41) is 8.08. The lowest BCUT2D eigenvalue weighted by Gasteiger charge is -2.18. The SMILES string of the molecule is O=C1CS/C(=N/N=C\c2ccccc2)N1c1cc(C(F)(F)F)ccc1Cl. The van der Waals surface area contributed by atoms with E-state index in [2.05, 4.69) is 10.2 Å². The summed E-state index contributed by atoms with van der Waals surface area (Å²) in [5.74, 6) is -0.364. The molecule has 3 rings (SSSR count). The minimum absolute atomic E-state index is 0.0218. The van der Waals surface area contributed by atoms with Crippen molar-refractivity contribution in [1.82, 2.24) is 0 Å². The van der Waals surface area contributed by atoms with Crippen molar-refractivity contribution in [1.29, 1.82) is 0 Å². The van der Waals surface area contributed by atoms with Gasteiger partial charge in [-0.15, -0.1) is 5.10 Å². The van der Waals surface area contributed by atoms with Gasteiger partial charge in [0.15, 0.2) is 5.17 Å². The molecule has 1 saturated heterocycles. The predicted octanol–water partition coefficient (Wildman–Crippen LogP) is 4.83. The standard InChI is InChI=1S/C17H11ClF3N3OS/c18-13-7-6-12(17(19,20)21)8-14(13)24-15(25)10-26-16(24)23-22-9-11-4-2-1-3-5-11/h1-9H,10H2/b22-9-,23-16+. The van der Waals surface area contributed by atoms with Crippen LogP contribution in [0.4, 0.5) is 18.9 Å². The third kappa shape index (κ3) is 4.08. The first kappa shape index (κ1) is 18.5. The van der Waals surface area contributed by atoms with E-state index in [1.54, 1.807) is 0 Å². The molecule has 26 heavy (non-hydrogen) atoms. The van der Waals surface area contributed by atoms with Gasteiger partial charge in [0, 0.05) is 0 Å². The second-order valence-electron chi connectivity index (χ2n) is 5.22. The molecule has 1 aliphatic rings. The quantitative estimate of drug-likeness (QED) is 0.550. The summed E-state index contributed by atoms with van der Waals surface area (Å²) in [6, 6.07) is 12.0. The molecule has 0 aliphatic carbocycles. The van der Waals surface area contributed by atoms with E-state index in [1.807, 2.05) is 30.3 Å². The fraction of sp³-hybridized carbons (Fsp3) is 0.118. The molecule has 0 bridgehead atoms. The third-order valence-corrected chi connectivity index (χ3v) is 4.66. The molecule has 0 unspecified atom stereocenters. The number of amidine groups is 1. The van der Waals surface area contributed by atoms with Gasteiger partial charge in [0.2, 0.25) is 5.91 Å². The Bertz CT molecular complexity index is 885. The van der Waals surface area contributed by atoms with Crippen LogP contribution >= 0.6 is 23.4 Å². The highest BCUT2D eigenvalue weighted by atomic mass is 35.5. The fourth-order valence-electron chi connectivity index (χ4n) is 2.22. The van der Waals surface area contributed by atoms with Crippen LogP contribution in [0.3, 0.4) is 0 Å². The highest BCUT2D eigenvalue weighted by molar-refractivity contribution is 8.15. The van der Waals surface area contributed by atoms with Gasteiger partial charge in [-0.25, -0.2) is 0 Å². The molecule has 0 spiro atoms. The van der Waals surface area contributed by atoms with Crippen molar-refractivity contribution in [3.63, 3.8) is 0 Å². The molecular weight excluding hydrogens is 387 g/mol. The van der Waals surface area contributed by atoms with E-state index in [0.29, 0.717) is 0 Å². The van der Waals surface area contributed by atoms with Gasteiger partial charge >= 0.3 is 6.18 Å². The number of carbonyl (C=O) groups is 1. The molecule has 0 saturated carbocycles. The van der Waals surface area contributed by atoms with Gasteiger partial charge in [-0.3, -0.25) is 9.69 Å². The zero-order chi connectivity index (χ0) is 18.7. The van der Waals surface area contributed by atoms with Crippen molar-refractivity contribution in [3.05, 3.63) is 64.7 Å². The first-order chi connectivity index (χ1) is 12.4. The molecule has 0 N–H and O–H groups in total. The fourth-order valence-corrected chi connectivity index (χ4v) is 3.24. The average molecular weight is 398 g/mol. The topological polar surface area (TPSA) is 45.0 Å². The molecule has 1 aliphatic heterocycles. The van der Waals surface area contributed by atoms with Gasteiger partial charge < -0.3 is 0 Å². The van der Waals surface area contributed by atoms with Crippen LogP contribution in [0.1, 0.15) is 11.1 Å². The Morgan fingerprint density at radius 2 is 1.88 bits per heavy atom. The number of thioether (sulfide) groups is 1. The minimum Gasteiger partial charge on any atom is -0.273 e. The summed E-state index contributed by atoms with van der Waals surface area (Å²) in [4.78, 5) is 13.2. The number of rotatable bonds is 3. The Morgan fingerprint density at radius 3 is 2.58 bits per heavy atom. The van der Waals surface area contributed by atoms with Gasteiger partial charge in [0.25, 0.3) is 0 Å². The first-order valence-corrected chi connectivity index (χ1v) is 8.71. The lowest BCUT2D eigenvalue weighted by molar-refractivity contribution is -0.137. The zero-order valence-electron chi connectivity index (χ0n) is 13.1. The number of alkyl halides is 3. The van der Waals surface area contributed by atoms with Gasteiger partial charge in [0.1, 0.15) is 0 Å². The second kappa shape index (κ2) is 7.51. The maximum atomic E-state index is 13.0. The molecule has 134 valence electrons. The summed E-state index contributed by atoms with van der Waals surface area (Å²) in [6.07, 6.45) is -3.06. The Hall–Kier alpha value is -2.32. The Kier molecular flexibility index (Phi) is 5.33. The summed E-state index contributed by atoms with van der Waals surface area (Å²) >= 11 is 7.11. The lowest BCUT2D eigenvalue weighted by atomic mass is 10.2. The van der Waals surface area contributed by atoms with Gasteiger partial charge in [-0.05, 0) is 23.8 Å². The van der Waals surface area contributed by atoms with E-state index in [-0.39, 0.29) is 21.6 Å². The number of halogens is 4. The average Bonchev–Trinajstić information content (AvgIpc) is 2.96. The van der Waals surface area contributed by atoms with E-state index < -0.39 is 17.6 Å². The molecule has 1 amide bonds. The number of hydrogen-bond acceptors (Lipinski definition) is 4. The largest absolute Gasteiger partial charge is 0.416 e. The molecule has 1 heterocycles. The van der Waals surface area contributed by atoms with Crippen molar-refractivity contribution < 1.29 is 18.0 Å². The molecule has 0 aromatic heterocycles. The van der Waals surface area contributed by atoms with Crippen LogP contribution in [0.15, 0.2) is 58.7 Å². The smallest absolute Gasteiger partial charge is 0.273 e. The van der Waals surface area contributed by atoms with E-state index in [4.69, 9.17) is 11.6 Å². The van der Waals surface area contributed by atoms with E-state index >= 15 is 0 Å². The minimum atomic E-state index is -4.54. The number of benzene rings is 2. The van der Waals surface area contributed by atoms with Crippen molar-refractivity contribution in [2.24, 2.45) is 10.2 Å². The summed E-state index contributed by atoms with van der Waals surface area (Å²) in [6.45, 7) is 0. The zero-order valence-corrected chi connectivity index (χ0v) is 14.6. The van der Waals surface area contributed by atoms with Gasteiger partial charge in [-0.1, -0.05) is 53.7 Å². The Morgan fingerprint density at radius 1 is 1.15 bits per heavy atom. The molecular formula is C17H11ClF3N3OS. The van der Waals surface area contributed by atoms with Crippen LogP contribution < -0.4 is 4.90 Å². The normalized spacial score (nSPS) is 16.8. The maximum Gasteiger partial charge on any atom is 0.416 e. The van der Waals surface area contributed by atoms with Gasteiger partial charge in [-0.2, -0.15) is 18.3 Å². The number of amides is 1. The van der Waals surface area contributed by atoms with Crippen molar-refractivity contribution in [2.75, 3.05) is 10.7 Å². The maximum absolute atomic E-state index is 13.0. The Balaban J connectivity index is 1.93. The predicted molar refractivity (Wildman–Crippen MR) is 97.9 cm³/mol. The highest BCUT2D eigenvalue weighted by Gasteiger charge is 2.35. The van der Waals surface area contributed by atoms with Crippen molar-refractivity contribution >= 4 is 46.3 Å². The lowest BCUT2D eigenvalue weighted by Crippen LogP contribution is -2.29. The second-order valence-corrected chi connectivity index (χ2v) is 6.57. The number of nitrogens with zero attached hydrogens (tertiary/aromatic N) is 3. The number of anilines is 1. The van der Waals surface area contributed by atoms with Crippen LogP contribution in [0, 0.1) is 0 Å². The van der Waals surface area contributed by atoms with E-state index in [1.165, 1.54) is 6.21 Å². The van der Waals surface area contributed by atoms with Gasteiger partial charge in [0.05, 0.1) is 28.2 Å². The van der Waals surface area contributed by atoms with E-state index in [9.17, 15) is 18.0 Å². The molecule has 0 atom stereocenters. The van der Waals surface area contributed by atoms with Crippen LogP contribution in [0.5, 0.6) is 0 Å². The number of hydrogen-bond donors (Lipinski definition) is 0. The molecule has 2 aromatic carbocycles. The van der Waals surface area contributed by atoms with Crippen LogP contribution in [0.2, 0.25) is 5.02 Å². The Labute approximate surface area is 156 Å². The highest BCUT2D eigenvalue weighted by Crippen LogP contribution is 2.38. The molecule has 0 radical (unpaired) electrons. The molecule has 1 fully saturated rings. The van der Waals surface area contributed by atoms with Crippen molar-refractivity contribution in [2.45, 2.75) is 6.18 Å². The number of carbonyl (C=O) groups excluding carboxylic acids is 1. The summed E-state index contributed by atoms with van der Waals surface area (Å²) in [5.41, 5.74) is -0.159. The van der Waals surface area contributed by atoms with Crippen LogP contribution in [-0.2, 0) is 11.0 Å². The molecule has 2 aromatic rings. The summed E-state index contributed by atoms with van der Waals surface area (Å²) in [7, 11) is 0. The van der Waals surface area contributed by atoms with Crippen LogP contribution in [-0.4, -0.2) is 23.0 Å². The van der Waals surface area contributed by atoms with Crippen molar-refractivity contribution in [3.8, 4) is 0 Å². The molecule has 4 nitrogen and oxygen atoms in total. The monoisotopic (exact) mass is 397 g/mol. The summed E-state index contributed by atoms with van der Waals surface area (Å²) < 4.78 is 38.9. The van der Waals surface area contributed by atoms with Crippen LogP contribution in [0.25, 0.3) is 0 Å². The first-order valence-electron chi connectivity index (χ1n) is 7.35. The van der Waals surface area contributed by atoms with E-state index in [0.717, 1.165) is 40.4 Å².